The molecule has 0 spiro atoms. The van der Waals surface area contributed by atoms with Gasteiger partial charge in [-0.1, -0.05) is 0 Å². The van der Waals surface area contributed by atoms with Crippen LogP contribution in [0, 0.1) is 0 Å². The van der Waals surface area contributed by atoms with Gasteiger partial charge in [-0.3, -0.25) is 14.9 Å². The summed E-state index contributed by atoms with van der Waals surface area (Å²) in [5.74, 6) is 0.838. The second kappa shape index (κ2) is 9.31. The third-order valence-corrected chi connectivity index (χ3v) is 5.61. The zero-order chi connectivity index (χ0) is 20.1. The summed E-state index contributed by atoms with van der Waals surface area (Å²) in [6.07, 6.45) is 2.77. The van der Waals surface area contributed by atoms with E-state index in [1.165, 1.54) is 0 Å². The lowest BCUT2D eigenvalue weighted by Crippen LogP contribution is -2.36. The standard InChI is InChI=1S/C19H26N4O4S/c1-20-5-6-21-13-4-7-23(11-13)14-10-16(27-3)15(26-2)8-12(14)9-17-18(24)22-19(25)28-17/h8-10,13,20-21H,4-7,11H2,1-3H3,(H,22,24,25)/b17-9-. The smallest absolute Gasteiger partial charge is 0.290 e. The van der Waals surface area contributed by atoms with Crippen molar-refractivity contribution in [1.29, 1.82) is 0 Å². The number of likely N-dealkylation sites (N-methyl/N-ethyl adjacent to an activating group) is 1. The highest BCUT2D eigenvalue weighted by atomic mass is 32.2. The lowest BCUT2D eigenvalue weighted by atomic mass is 10.1. The predicted octanol–water partition coefficient (Wildman–Crippen LogP) is 1.42. The molecule has 1 atom stereocenters. The molecule has 9 heteroatoms. The van der Waals surface area contributed by atoms with Crippen LogP contribution in [0.5, 0.6) is 11.5 Å². The lowest BCUT2D eigenvalue weighted by molar-refractivity contribution is -0.115. The van der Waals surface area contributed by atoms with E-state index in [2.05, 4.69) is 20.9 Å². The summed E-state index contributed by atoms with van der Waals surface area (Å²) < 4.78 is 10.9. The molecule has 1 aromatic rings. The number of benzene rings is 1. The predicted molar refractivity (Wildman–Crippen MR) is 111 cm³/mol. The van der Waals surface area contributed by atoms with Crippen molar-refractivity contribution in [1.82, 2.24) is 16.0 Å². The Kier molecular flexibility index (Phi) is 6.82. The molecule has 0 saturated carbocycles. The lowest BCUT2D eigenvalue weighted by Gasteiger charge is -2.23. The summed E-state index contributed by atoms with van der Waals surface area (Å²) in [6.45, 7) is 3.58. The van der Waals surface area contributed by atoms with Crippen molar-refractivity contribution >= 4 is 34.7 Å². The Labute approximate surface area is 169 Å². The number of amides is 2. The summed E-state index contributed by atoms with van der Waals surface area (Å²) >= 11 is 0.909. The normalized spacial score (nSPS) is 20.8. The Bertz CT molecular complexity index is 783. The highest BCUT2D eigenvalue weighted by molar-refractivity contribution is 8.18. The summed E-state index contributed by atoms with van der Waals surface area (Å²) in [5.41, 5.74) is 1.77. The number of methoxy groups -OCH3 is 2. The van der Waals surface area contributed by atoms with Crippen LogP contribution in [0.3, 0.4) is 0 Å². The summed E-state index contributed by atoms with van der Waals surface area (Å²) in [6, 6.07) is 4.17. The minimum absolute atomic E-state index is 0.353. The zero-order valence-corrected chi connectivity index (χ0v) is 17.1. The highest BCUT2D eigenvalue weighted by Crippen LogP contribution is 2.39. The number of imide groups is 1. The molecule has 0 aromatic heterocycles. The van der Waals surface area contributed by atoms with Gasteiger partial charge < -0.3 is 25.0 Å². The Morgan fingerprint density at radius 3 is 2.64 bits per heavy atom. The van der Waals surface area contributed by atoms with Crippen LogP contribution in [0.25, 0.3) is 6.08 Å². The number of ether oxygens (including phenoxy) is 2. The molecule has 28 heavy (non-hydrogen) atoms. The van der Waals surface area contributed by atoms with Crippen molar-refractivity contribution < 1.29 is 19.1 Å². The maximum Gasteiger partial charge on any atom is 0.290 e. The van der Waals surface area contributed by atoms with Crippen molar-refractivity contribution in [2.45, 2.75) is 12.5 Å². The van der Waals surface area contributed by atoms with E-state index in [1.54, 1.807) is 20.3 Å². The fourth-order valence-electron chi connectivity index (χ4n) is 3.38. The molecule has 2 aliphatic heterocycles. The Morgan fingerprint density at radius 2 is 2.00 bits per heavy atom. The number of carbonyl (C=O) groups is 2. The number of thioether (sulfide) groups is 1. The van der Waals surface area contributed by atoms with Crippen molar-refractivity contribution in [3.8, 4) is 11.5 Å². The molecular weight excluding hydrogens is 380 g/mol. The minimum atomic E-state index is -0.372. The van der Waals surface area contributed by atoms with Gasteiger partial charge in [0.2, 0.25) is 0 Å². The summed E-state index contributed by atoms with van der Waals surface area (Å²) in [5, 5.41) is 8.63. The molecule has 2 amide bonds. The van der Waals surface area contributed by atoms with Gasteiger partial charge in [0.15, 0.2) is 11.5 Å². The van der Waals surface area contributed by atoms with E-state index in [-0.39, 0.29) is 11.1 Å². The average molecular weight is 407 g/mol. The molecule has 2 fully saturated rings. The molecule has 3 rings (SSSR count). The molecule has 2 saturated heterocycles. The number of rotatable bonds is 8. The molecule has 1 unspecified atom stereocenters. The SMILES string of the molecule is CNCCNC1CCN(c2cc(OC)c(OC)cc2/C=C2\SC(=O)NC2=O)C1. The largest absolute Gasteiger partial charge is 0.493 e. The fourth-order valence-corrected chi connectivity index (χ4v) is 4.06. The van der Waals surface area contributed by atoms with Gasteiger partial charge in [0.1, 0.15) is 0 Å². The molecule has 0 aliphatic carbocycles. The number of nitrogens with one attached hydrogen (secondary N) is 3. The van der Waals surface area contributed by atoms with E-state index in [1.807, 2.05) is 19.2 Å². The van der Waals surface area contributed by atoms with Crippen LogP contribution in [0.15, 0.2) is 17.0 Å². The Hall–Kier alpha value is -2.23. The van der Waals surface area contributed by atoms with Crippen LogP contribution in [-0.2, 0) is 4.79 Å². The molecule has 2 heterocycles. The van der Waals surface area contributed by atoms with Gasteiger partial charge in [-0.2, -0.15) is 0 Å². The van der Waals surface area contributed by atoms with Gasteiger partial charge in [0, 0.05) is 49.5 Å². The van der Waals surface area contributed by atoms with Gasteiger partial charge in [-0.25, -0.2) is 0 Å². The molecule has 3 N–H and O–H groups in total. The van der Waals surface area contributed by atoms with Crippen LogP contribution in [-0.4, -0.2) is 64.6 Å². The summed E-state index contributed by atoms with van der Waals surface area (Å²) in [4.78, 5) is 26.1. The van der Waals surface area contributed by atoms with Crippen LogP contribution in [0.4, 0.5) is 10.5 Å². The first kappa shape index (κ1) is 20.5. The van der Waals surface area contributed by atoms with Gasteiger partial charge in [0.25, 0.3) is 11.1 Å². The second-order valence-electron chi connectivity index (χ2n) is 6.61. The fraction of sp³-hybridized carbons (Fsp3) is 0.474. The van der Waals surface area contributed by atoms with Gasteiger partial charge in [-0.05, 0) is 37.4 Å². The van der Waals surface area contributed by atoms with E-state index >= 15 is 0 Å². The first-order valence-corrected chi connectivity index (χ1v) is 10.0. The van der Waals surface area contributed by atoms with Crippen molar-refractivity contribution in [2.75, 3.05) is 52.3 Å². The number of hydrogen-bond donors (Lipinski definition) is 3. The minimum Gasteiger partial charge on any atom is -0.493 e. The zero-order valence-electron chi connectivity index (χ0n) is 16.3. The third-order valence-electron chi connectivity index (χ3n) is 4.80. The third kappa shape index (κ3) is 4.60. The van der Waals surface area contributed by atoms with Gasteiger partial charge in [-0.15, -0.1) is 0 Å². The van der Waals surface area contributed by atoms with Crippen LogP contribution < -0.4 is 30.3 Å². The van der Waals surface area contributed by atoms with E-state index in [0.29, 0.717) is 22.4 Å². The number of hydrogen-bond acceptors (Lipinski definition) is 8. The Morgan fingerprint density at radius 1 is 1.25 bits per heavy atom. The molecular formula is C19H26N4O4S. The van der Waals surface area contributed by atoms with Crippen molar-refractivity contribution in [2.24, 2.45) is 0 Å². The van der Waals surface area contributed by atoms with E-state index in [4.69, 9.17) is 9.47 Å². The monoisotopic (exact) mass is 406 g/mol. The maximum absolute atomic E-state index is 12.0. The first-order valence-electron chi connectivity index (χ1n) is 9.19. The highest BCUT2D eigenvalue weighted by Gasteiger charge is 2.28. The average Bonchev–Trinajstić information content (AvgIpc) is 3.27. The molecule has 1 aromatic carbocycles. The molecule has 0 bridgehead atoms. The summed E-state index contributed by atoms with van der Waals surface area (Å²) in [7, 11) is 5.12. The van der Waals surface area contributed by atoms with E-state index in [9.17, 15) is 9.59 Å². The quantitative estimate of drug-likeness (QED) is 0.441. The number of nitrogens with zero attached hydrogens (tertiary/aromatic N) is 1. The van der Waals surface area contributed by atoms with Gasteiger partial charge >= 0.3 is 0 Å². The van der Waals surface area contributed by atoms with Crippen LogP contribution >= 0.6 is 11.8 Å². The van der Waals surface area contributed by atoms with E-state index < -0.39 is 0 Å². The van der Waals surface area contributed by atoms with Gasteiger partial charge in [0.05, 0.1) is 19.1 Å². The molecule has 8 nitrogen and oxygen atoms in total. The van der Waals surface area contributed by atoms with E-state index in [0.717, 1.165) is 55.6 Å². The molecule has 2 aliphatic rings. The number of anilines is 1. The topological polar surface area (TPSA) is 91.9 Å². The molecule has 0 radical (unpaired) electrons. The maximum atomic E-state index is 12.0. The van der Waals surface area contributed by atoms with Crippen LogP contribution in [0.1, 0.15) is 12.0 Å². The molecule has 152 valence electrons. The van der Waals surface area contributed by atoms with Crippen molar-refractivity contribution in [3.05, 3.63) is 22.6 Å². The van der Waals surface area contributed by atoms with Crippen molar-refractivity contribution in [3.63, 3.8) is 0 Å². The number of carbonyl (C=O) groups excluding carboxylic acids is 2. The second-order valence-corrected chi connectivity index (χ2v) is 7.62. The van der Waals surface area contributed by atoms with Crippen LogP contribution in [0.2, 0.25) is 0 Å². The first-order chi connectivity index (χ1) is 13.5. The Balaban J connectivity index is 1.90.